The summed E-state index contributed by atoms with van der Waals surface area (Å²) in [6, 6.07) is 5.19. The van der Waals surface area contributed by atoms with Gasteiger partial charge in [-0.3, -0.25) is 0 Å². The molecule has 0 aromatic heterocycles. The van der Waals surface area contributed by atoms with Gasteiger partial charge >= 0.3 is 0 Å². The van der Waals surface area contributed by atoms with Crippen LogP contribution in [0.3, 0.4) is 0 Å². The standard InChI is InChI=1S/C15H24FNO2/c1-6-15(2,19-5)14(17-3)10-11-7-8-13(18-4)12(16)9-11/h7-9,14,17H,6,10H2,1-5H3. The minimum absolute atomic E-state index is 0.121. The van der Waals surface area contributed by atoms with Crippen molar-refractivity contribution in [3.8, 4) is 5.75 Å². The van der Waals surface area contributed by atoms with Crippen molar-refractivity contribution in [1.29, 1.82) is 0 Å². The molecule has 0 heterocycles. The van der Waals surface area contributed by atoms with Gasteiger partial charge in [0.1, 0.15) is 0 Å². The van der Waals surface area contributed by atoms with Crippen LogP contribution in [-0.2, 0) is 11.2 Å². The summed E-state index contributed by atoms with van der Waals surface area (Å²) >= 11 is 0. The SMILES string of the molecule is CCC(C)(OC)C(Cc1ccc(OC)c(F)c1)NC. The average molecular weight is 269 g/mol. The summed E-state index contributed by atoms with van der Waals surface area (Å²) in [6.45, 7) is 4.15. The number of nitrogens with one attached hydrogen (secondary N) is 1. The minimum Gasteiger partial charge on any atom is -0.494 e. The summed E-state index contributed by atoms with van der Waals surface area (Å²) in [5.74, 6) is -0.0553. The van der Waals surface area contributed by atoms with Crippen molar-refractivity contribution in [1.82, 2.24) is 5.32 Å². The van der Waals surface area contributed by atoms with E-state index in [1.165, 1.54) is 13.2 Å². The molecule has 3 nitrogen and oxygen atoms in total. The highest BCUT2D eigenvalue weighted by atomic mass is 19.1. The molecule has 0 aliphatic rings. The van der Waals surface area contributed by atoms with Crippen LogP contribution in [0, 0.1) is 5.82 Å². The number of methoxy groups -OCH3 is 2. The number of hydrogen-bond donors (Lipinski definition) is 1. The van der Waals surface area contributed by atoms with Crippen LogP contribution in [-0.4, -0.2) is 32.9 Å². The van der Waals surface area contributed by atoms with Gasteiger partial charge in [-0.2, -0.15) is 0 Å². The monoisotopic (exact) mass is 269 g/mol. The summed E-state index contributed by atoms with van der Waals surface area (Å²) in [5.41, 5.74) is 0.653. The highest BCUT2D eigenvalue weighted by Gasteiger charge is 2.31. The second kappa shape index (κ2) is 6.87. The third-order valence-corrected chi connectivity index (χ3v) is 3.91. The van der Waals surface area contributed by atoms with Gasteiger partial charge in [0.25, 0.3) is 0 Å². The van der Waals surface area contributed by atoms with Crippen LogP contribution in [0.25, 0.3) is 0 Å². The Kier molecular flexibility index (Phi) is 5.76. The lowest BCUT2D eigenvalue weighted by molar-refractivity contribution is -0.0268. The van der Waals surface area contributed by atoms with Crippen molar-refractivity contribution in [3.05, 3.63) is 29.6 Å². The molecular formula is C15H24FNO2. The fourth-order valence-corrected chi connectivity index (χ4v) is 2.23. The molecule has 1 N–H and O–H groups in total. The molecule has 0 amide bonds. The van der Waals surface area contributed by atoms with E-state index in [0.29, 0.717) is 6.42 Å². The van der Waals surface area contributed by atoms with Crippen molar-refractivity contribution in [2.75, 3.05) is 21.3 Å². The Balaban J connectivity index is 2.90. The number of hydrogen-bond acceptors (Lipinski definition) is 3. The molecule has 0 aliphatic heterocycles. The van der Waals surface area contributed by atoms with Crippen molar-refractivity contribution >= 4 is 0 Å². The van der Waals surface area contributed by atoms with E-state index >= 15 is 0 Å². The van der Waals surface area contributed by atoms with Crippen LogP contribution in [0.1, 0.15) is 25.8 Å². The van der Waals surface area contributed by atoms with Crippen molar-refractivity contribution in [2.45, 2.75) is 38.3 Å². The number of benzene rings is 1. The molecule has 108 valence electrons. The summed E-state index contributed by atoms with van der Waals surface area (Å²) in [4.78, 5) is 0. The fourth-order valence-electron chi connectivity index (χ4n) is 2.23. The van der Waals surface area contributed by atoms with E-state index in [9.17, 15) is 4.39 Å². The van der Waals surface area contributed by atoms with Crippen molar-refractivity contribution in [3.63, 3.8) is 0 Å². The highest BCUT2D eigenvalue weighted by molar-refractivity contribution is 5.30. The first kappa shape index (κ1) is 15.9. The molecule has 2 unspecified atom stereocenters. The van der Waals surface area contributed by atoms with Crippen LogP contribution in [0.4, 0.5) is 4.39 Å². The number of halogens is 1. The van der Waals surface area contributed by atoms with Gasteiger partial charge in [0, 0.05) is 13.2 Å². The Labute approximate surface area is 115 Å². The average Bonchev–Trinajstić information content (AvgIpc) is 2.44. The first-order valence-electron chi connectivity index (χ1n) is 6.55. The predicted molar refractivity (Wildman–Crippen MR) is 75.2 cm³/mol. The van der Waals surface area contributed by atoms with Crippen LogP contribution >= 0.6 is 0 Å². The summed E-state index contributed by atoms with van der Waals surface area (Å²) in [5, 5.41) is 3.26. The van der Waals surface area contributed by atoms with E-state index in [0.717, 1.165) is 12.0 Å². The Bertz CT molecular complexity index is 405. The van der Waals surface area contributed by atoms with Gasteiger partial charge in [0.15, 0.2) is 11.6 Å². The van der Waals surface area contributed by atoms with Gasteiger partial charge in [-0.05, 0) is 44.5 Å². The minimum atomic E-state index is -0.328. The Morgan fingerprint density at radius 2 is 2.05 bits per heavy atom. The second-order valence-corrected chi connectivity index (χ2v) is 4.88. The van der Waals surface area contributed by atoms with E-state index in [1.807, 2.05) is 13.1 Å². The zero-order valence-corrected chi connectivity index (χ0v) is 12.4. The molecule has 0 saturated carbocycles. The third-order valence-electron chi connectivity index (χ3n) is 3.91. The molecule has 1 aromatic carbocycles. The van der Waals surface area contributed by atoms with Crippen LogP contribution < -0.4 is 10.1 Å². The molecule has 19 heavy (non-hydrogen) atoms. The van der Waals surface area contributed by atoms with Crippen LogP contribution in [0.15, 0.2) is 18.2 Å². The first-order valence-corrected chi connectivity index (χ1v) is 6.55. The molecule has 0 aliphatic carbocycles. The molecule has 2 atom stereocenters. The highest BCUT2D eigenvalue weighted by Crippen LogP contribution is 2.24. The van der Waals surface area contributed by atoms with Gasteiger partial charge in [0.2, 0.25) is 0 Å². The summed E-state index contributed by atoms with van der Waals surface area (Å²) in [7, 11) is 5.08. The molecule has 0 saturated heterocycles. The van der Waals surface area contributed by atoms with Gasteiger partial charge in [0.05, 0.1) is 12.7 Å². The van der Waals surface area contributed by atoms with Crippen LogP contribution in [0.5, 0.6) is 5.75 Å². The maximum absolute atomic E-state index is 13.7. The van der Waals surface area contributed by atoms with E-state index in [-0.39, 0.29) is 23.2 Å². The van der Waals surface area contributed by atoms with E-state index in [4.69, 9.17) is 9.47 Å². The lowest BCUT2D eigenvalue weighted by atomic mass is 9.88. The van der Waals surface area contributed by atoms with Gasteiger partial charge in [-0.1, -0.05) is 13.0 Å². The largest absolute Gasteiger partial charge is 0.494 e. The van der Waals surface area contributed by atoms with Crippen molar-refractivity contribution in [2.24, 2.45) is 0 Å². The van der Waals surface area contributed by atoms with Crippen molar-refractivity contribution < 1.29 is 13.9 Å². The Morgan fingerprint density at radius 3 is 2.47 bits per heavy atom. The summed E-state index contributed by atoms with van der Waals surface area (Å²) < 4.78 is 24.2. The zero-order chi connectivity index (χ0) is 14.5. The van der Waals surface area contributed by atoms with Gasteiger partial charge in [-0.15, -0.1) is 0 Å². The Hall–Kier alpha value is -1.13. The number of likely N-dealkylation sites (N-methyl/N-ethyl adjacent to an activating group) is 1. The molecule has 0 fully saturated rings. The normalized spacial score (nSPS) is 15.9. The zero-order valence-electron chi connectivity index (χ0n) is 12.4. The Morgan fingerprint density at radius 1 is 1.37 bits per heavy atom. The smallest absolute Gasteiger partial charge is 0.165 e. The molecule has 0 radical (unpaired) electrons. The fraction of sp³-hybridized carbons (Fsp3) is 0.600. The molecule has 1 rings (SSSR count). The molecule has 0 spiro atoms. The quantitative estimate of drug-likeness (QED) is 0.825. The number of rotatable bonds is 7. The van der Waals surface area contributed by atoms with E-state index in [1.54, 1.807) is 13.2 Å². The molecule has 4 heteroatoms. The number of ether oxygens (including phenoxy) is 2. The third kappa shape index (κ3) is 3.67. The second-order valence-electron chi connectivity index (χ2n) is 4.88. The maximum atomic E-state index is 13.7. The van der Waals surface area contributed by atoms with Gasteiger partial charge < -0.3 is 14.8 Å². The van der Waals surface area contributed by atoms with E-state index < -0.39 is 0 Å². The lowest BCUT2D eigenvalue weighted by Crippen LogP contribution is -2.49. The summed E-state index contributed by atoms with van der Waals surface area (Å²) in [6.07, 6.45) is 1.59. The van der Waals surface area contributed by atoms with E-state index in [2.05, 4.69) is 19.2 Å². The van der Waals surface area contributed by atoms with Crippen LogP contribution in [0.2, 0.25) is 0 Å². The lowest BCUT2D eigenvalue weighted by Gasteiger charge is -2.35. The molecule has 1 aromatic rings. The maximum Gasteiger partial charge on any atom is 0.165 e. The molecule has 0 bridgehead atoms. The molecular weight excluding hydrogens is 245 g/mol. The van der Waals surface area contributed by atoms with Gasteiger partial charge in [-0.25, -0.2) is 4.39 Å². The first-order chi connectivity index (χ1) is 9.00. The predicted octanol–water partition coefficient (Wildman–Crippen LogP) is 2.78. The topological polar surface area (TPSA) is 30.5 Å².